The van der Waals surface area contributed by atoms with Crippen molar-refractivity contribution < 1.29 is 14.3 Å². The fraction of sp³-hybridized carbons (Fsp3) is 0.474. The summed E-state index contributed by atoms with van der Waals surface area (Å²) in [5.41, 5.74) is 2.04. The number of carbonyl (C=O) groups is 1. The van der Waals surface area contributed by atoms with Gasteiger partial charge in [-0.2, -0.15) is 0 Å². The van der Waals surface area contributed by atoms with E-state index < -0.39 is 0 Å². The van der Waals surface area contributed by atoms with Crippen LogP contribution in [0, 0.1) is 12.8 Å². The lowest BCUT2D eigenvalue weighted by atomic mass is 9.96. The lowest BCUT2D eigenvalue weighted by Crippen LogP contribution is -2.37. The molecule has 0 aliphatic carbocycles. The van der Waals surface area contributed by atoms with Gasteiger partial charge in [-0.05, 0) is 49.9 Å². The number of hydrogen-bond donors (Lipinski definition) is 1. The van der Waals surface area contributed by atoms with Gasteiger partial charge in [0.25, 0.3) is 0 Å². The largest absolute Gasteiger partial charge is 0.497 e. The molecule has 5 nitrogen and oxygen atoms in total. The number of aryl methyl sites for hydroxylation is 2. The molecule has 25 heavy (non-hydrogen) atoms. The second-order valence-corrected chi connectivity index (χ2v) is 7.44. The van der Waals surface area contributed by atoms with Gasteiger partial charge in [0.15, 0.2) is 0 Å². The van der Waals surface area contributed by atoms with Crippen molar-refractivity contribution in [3.05, 3.63) is 39.3 Å². The minimum Gasteiger partial charge on any atom is -0.497 e. The maximum atomic E-state index is 12.5. The number of thiazole rings is 1. The number of amides is 1. The third-order valence-electron chi connectivity index (χ3n) is 4.37. The Balaban J connectivity index is 1.60. The third kappa shape index (κ3) is 4.12. The second kappa shape index (κ2) is 7.87. The Morgan fingerprint density at radius 2 is 2.32 bits per heavy atom. The lowest BCUT2D eigenvalue weighted by molar-refractivity contribution is -0.126. The van der Waals surface area contributed by atoms with Crippen LogP contribution in [0.1, 0.15) is 34.5 Å². The molecule has 1 amide bonds. The Hall–Kier alpha value is -2.08. The molecule has 1 aromatic carbocycles. The van der Waals surface area contributed by atoms with E-state index >= 15 is 0 Å². The van der Waals surface area contributed by atoms with Crippen molar-refractivity contribution in [2.24, 2.45) is 5.92 Å². The normalized spacial score (nSPS) is 16.0. The molecular formula is C19H24N2O3S. The van der Waals surface area contributed by atoms with Crippen LogP contribution in [0.2, 0.25) is 0 Å². The highest BCUT2D eigenvalue weighted by molar-refractivity contribution is 7.11. The SMILES string of the molecule is CCCc1nc(C)c(CNC(=O)[C@@H]2COc3ccc(OC)cc3C2)s1. The fourth-order valence-electron chi connectivity index (χ4n) is 2.95. The number of fused-ring (bicyclic) bond motifs is 1. The fourth-order valence-corrected chi connectivity index (χ4v) is 4.06. The minimum absolute atomic E-state index is 0.0262. The van der Waals surface area contributed by atoms with Gasteiger partial charge in [-0.25, -0.2) is 4.98 Å². The van der Waals surface area contributed by atoms with E-state index in [9.17, 15) is 4.79 Å². The van der Waals surface area contributed by atoms with Gasteiger partial charge in [-0.3, -0.25) is 4.79 Å². The molecule has 6 heteroatoms. The molecule has 2 heterocycles. The molecule has 1 aliphatic rings. The summed E-state index contributed by atoms with van der Waals surface area (Å²) in [6, 6.07) is 5.72. The molecular weight excluding hydrogens is 336 g/mol. The van der Waals surface area contributed by atoms with Gasteiger partial charge in [0.2, 0.25) is 5.91 Å². The van der Waals surface area contributed by atoms with Gasteiger partial charge in [-0.1, -0.05) is 6.92 Å². The average Bonchev–Trinajstić information content (AvgIpc) is 2.98. The molecule has 1 aromatic heterocycles. The highest BCUT2D eigenvalue weighted by atomic mass is 32.1. The van der Waals surface area contributed by atoms with E-state index in [1.165, 1.54) is 0 Å². The van der Waals surface area contributed by atoms with Crippen LogP contribution in [-0.2, 0) is 24.2 Å². The van der Waals surface area contributed by atoms with Crippen LogP contribution in [0.5, 0.6) is 11.5 Å². The number of ether oxygens (including phenoxy) is 2. The van der Waals surface area contributed by atoms with Crippen LogP contribution >= 0.6 is 11.3 Å². The highest BCUT2D eigenvalue weighted by Crippen LogP contribution is 2.30. The highest BCUT2D eigenvalue weighted by Gasteiger charge is 2.26. The molecule has 1 N–H and O–H groups in total. The number of aromatic nitrogens is 1. The molecule has 1 atom stereocenters. The molecule has 0 unspecified atom stereocenters. The average molecular weight is 360 g/mol. The summed E-state index contributed by atoms with van der Waals surface area (Å²) in [7, 11) is 1.64. The van der Waals surface area contributed by atoms with Crippen molar-refractivity contribution in [3.63, 3.8) is 0 Å². The summed E-state index contributed by atoms with van der Waals surface area (Å²) in [6.45, 7) is 5.10. The summed E-state index contributed by atoms with van der Waals surface area (Å²) < 4.78 is 11.0. The van der Waals surface area contributed by atoms with Crippen molar-refractivity contribution in [2.75, 3.05) is 13.7 Å². The molecule has 0 spiro atoms. The molecule has 0 bridgehead atoms. The van der Waals surface area contributed by atoms with E-state index in [4.69, 9.17) is 9.47 Å². The molecule has 0 fully saturated rings. The zero-order valence-corrected chi connectivity index (χ0v) is 15.7. The Bertz CT molecular complexity index is 757. The van der Waals surface area contributed by atoms with E-state index in [0.29, 0.717) is 19.6 Å². The summed E-state index contributed by atoms with van der Waals surface area (Å²) >= 11 is 1.69. The Morgan fingerprint density at radius 1 is 1.48 bits per heavy atom. The molecule has 0 saturated heterocycles. The molecule has 2 aromatic rings. The second-order valence-electron chi connectivity index (χ2n) is 6.27. The smallest absolute Gasteiger partial charge is 0.227 e. The summed E-state index contributed by atoms with van der Waals surface area (Å²) in [5, 5.41) is 4.19. The van der Waals surface area contributed by atoms with Crippen LogP contribution < -0.4 is 14.8 Å². The number of carbonyl (C=O) groups excluding carboxylic acids is 1. The monoisotopic (exact) mass is 360 g/mol. The van der Waals surface area contributed by atoms with Crippen LogP contribution in [0.15, 0.2) is 18.2 Å². The van der Waals surface area contributed by atoms with Crippen LogP contribution in [0.3, 0.4) is 0 Å². The van der Waals surface area contributed by atoms with Crippen molar-refractivity contribution in [1.29, 1.82) is 0 Å². The summed E-state index contributed by atoms with van der Waals surface area (Å²) in [4.78, 5) is 18.2. The zero-order valence-electron chi connectivity index (χ0n) is 14.9. The molecule has 0 radical (unpaired) electrons. The van der Waals surface area contributed by atoms with Gasteiger partial charge in [-0.15, -0.1) is 11.3 Å². The van der Waals surface area contributed by atoms with Gasteiger partial charge in [0, 0.05) is 4.88 Å². The number of benzene rings is 1. The minimum atomic E-state index is -0.178. The number of nitrogens with zero attached hydrogens (tertiary/aromatic N) is 1. The van der Waals surface area contributed by atoms with Gasteiger partial charge >= 0.3 is 0 Å². The molecule has 0 saturated carbocycles. The van der Waals surface area contributed by atoms with Crippen LogP contribution in [-0.4, -0.2) is 24.6 Å². The van der Waals surface area contributed by atoms with Crippen molar-refractivity contribution in [1.82, 2.24) is 10.3 Å². The number of rotatable bonds is 6. The third-order valence-corrected chi connectivity index (χ3v) is 5.59. The summed E-state index contributed by atoms with van der Waals surface area (Å²) in [6.07, 6.45) is 2.75. The van der Waals surface area contributed by atoms with E-state index in [0.717, 1.165) is 45.5 Å². The van der Waals surface area contributed by atoms with Crippen LogP contribution in [0.4, 0.5) is 0 Å². The number of hydrogen-bond acceptors (Lipinski definition) is 5. The summed E-state index contributed by atoms with van der Waals surface area (Å²) in [5.74, 6) is 1.47. The van der Waals surface area contributed by atoms with Gasteiger partial charge < -0.3 is 14.8 Å². The van der Waals surface area contributed by atoms with E-state index in [2.05, 4.69) is 17.2 Å². The first-order valence-corrected chi connectivity index (χ1v) is 9.45. The first kappa shape index (κ1) is 17.7. The van der Waals surface area contributed by atoms with E-state index in [1.54, 1.807) is 18.4 Å². The van der Waals surface area contributed by atoms with Crippen molar-refractivity contribution in [3.8, 4) is 11.5 Å². The van der Waals surface area contributed by atoms with Crippen molar-refractivity contribution in [2.45, 2.75) is 39.7 Å². The van der Waals surface area contributed by atoms with E-state index in [1.807, 2.05) is 25.1 Å². The molecule has 1 aliphatic heterocycles. The van der Waals surface area contributed by atoms with Crippen LogP contribution in [0.25, 0.3) is 0 Å². The predicted molar refractivity (Wildman–Crippen MR) is 98.4 cm³/mol. The zero-order chi connectivity index (χ0) is 17.8. The maximum Gasteiger partial charge on any atom is 0.227 e. The van der Waals surface area contributed by atoms with E-state index in [-0.39, 0.29) is 11.8 Å². The number of methoxy groups -OCH3 is 1. The Labute approximate surface area is 152 Å². The standard InChI is InChI=1S/C19H24N2O3S/c1-4-5-18-21-12(2)17(25-18)10-20-19(22)14-8-13-9-15(23-3)6-7-16(13)24-11-14/h6-7,9,14H,4-5,8,10-11H2,1-3H3,(H,20,22)/t14-/m0/s1. The maximum absolute atomic E-state index is 12.5. The first-order valence-electron chi connectivity index (χ1n) is 8.63. The Kier molecular flexibility index (Phi) is 5.58. The molecule has 134 valence electrons. The number of nitrogens with one attached hydrogen (secondary N) is 1. The molecule has 3 rings (SSSR count). The first-order chi connectivity index (χ1) is 12.1. The van der Waals surface area contributed by atoms with Crippen molar-refractivity contribution >= 4 is 17.2 Å². The Morgan fingerprint density at radius 3 is 3.08 bits per heavy atom. The predicted octanol–water partition coefficient (Wildman–Crippen LogP) is 3.28. The topological polar surface area (TPSA) is 60.5 Å². The van der Waals surface area contributed by atoms with Gasteiger partial charge in [0.1, 0.15) is 18.1 Å². The quantitative estimate of drug-likeness (QED) is 0.859. The van der Waals surface area contributed by atoms with Gasteiger partial charge in [0.05, 0.1) is 30.3 Å². The lowest BCUT2D eigenvalue weighted by Gasteiger charge is -2.25.